The van der Waals surface area contributed by atoms with E-state index >= 15 is 0 Å². The van der Waals surface area contributed by atoms with E-state index in [-0.39, 0.29) is 6.10 Å². The number of rotatable bonds is 5. The topological polar surface area (TPSA) is 47.6 Å². The van der Waals surface area contributed by atoms with Crippen LogP contribution < -0.4 is 5.32 Å². The van der Waals surface area contributed by atoms with E-state index in [1.807, 2.05) is 0 Å². The maximum Gasteiger partial charge on any atom is 0.147 e. The van der Waals surface area contributed by atoms with Crippen molar-refractivity contribution < 1.29 is 13.7 Å². The second-order valence-electron chi connectivity index (χ2n) is 3.08. The molecule has 0 amide bonds. The second kappa shape index (κ2) is 6.48. The van der Waals surface area contributed by atoms with Gasteiger partial charge in [0.05, 0.1) is 12.7 Å². The average molecular weight is 207 g/mol. The van der Waals surface area contributed by atoms with Gasteiger partial charge in [-0.1, -0.05) is 0 Å². The van der Waals surface area contributed by atoms with E-state index in [0.29, 0.717) is 12.5 Å². The number of ether oxygens (including phenoxy) is 2. The minimum Gasteiger partial charge on any atom is -0.355 e. The van der Waals surface area contributed by atoms with Crippen LogP contribution in [0.3, 0.4) is 0 Å². The Morgan fingerprint density at radius 2 is 2.46 bits per heavy atom. The maximum absolute atomic E-state index is 10.7. The largest absolute Gasteiger partial charge is 0.355 e. The summed E-state index contributed by atoms with van der Waals surface area (Å²) < 4.78 is 21.1. The summed E-state index contributed by atoms with van der Waals surface area (Å²) in [5.74, 6) is 0.712. The molecular formula is C8H17NO3S. The van der Waals surface area contributed by atoms with Crippen LogP contribution in [-0.2, 0) is 20.3 Å². The zero-order chi connectivity index (χ0) is 9.52. The first kappa shape index (κ1) is 11.1. The number of hydrogen-bond donors (Lipinski definition) is 1. The summed E-state index contributed by atoms with van der Waals surface area (Å²) in [6.07, 6.45) is 2.92. The fourth-order valence-electron chi connectivity index (χ4n) is 1.14. The minimum atomic E-state index is -0.700. The average Bonchev–Trinajstić information content (AvgIpc) is 2.14. The Bertz CT molecular complexity index is 159. The summed E-state index contributed by atoms with van der Waals surface area (Å²) in [4.78, 5) is 0. The van der Waals surface area contributed by atoms with Gasteiger partial charge >= 0.3 is 0 Å². The number of hydrogen-bond acceptors (Lipinski definition) is 4. The molecule has 0 aromatic rings. The van der Waals surface area contributed by atoms with Gasteiger partial charge in [-0.25, -0.2) is 0 Å². The zero-order valence-corrected chi connectivity index (χ0v) is 8.77. The van der Waals surface area contributed by atoms with E-state index in [4.69, 9.17) is 9.47 Å². The first-order valence-corrected chi connectivity index (χ1v) is 6.22. The van der Waals surface area contributed by atoms with Crippen LogP contribution in [0.15, 0.2) is 0 Å². The highest BCUT2D eigenvalue weighted by Crippen LogP contribution is 2.03. The Hall–Kier alpha value is 0.0300. The van der Waals surface area contributed by atoms with Gasteiger partial charge in [-0.05, 0) is 6.42 Å². The summed E-state index contributed by atoms with van der Waals surface area (Å²) in [7, 11) is -0.700. The molecule has 0 bridgehead atoms. The van der Waals surface area contributed by atoms with Crippen molar-refractivity contribution in [3.8, 4) is 0 Å². The molecule has 0 aromatic carbocycles. The van der Waals surface area contributed by atoms with Crippen LogP contribution >= 0.6 is 0 Å². The fourth-order valence-corrected chi connectivity index (χ4v) is 1.57. The van der Waals surface area contributed by atoms with Crippen LogP contribution in [0.1, 0.15) is 6.42 Å². The summed E-state index contributed by atoms with van der Waals surface area (Å²) in [6.45, 7) is 2.82. The van der Waals surface area contributed by atoms with Crippen LogP contribution in [0, 0.1) is 0 Å². The van der Waals surface area contributed by atoms with Gasteiger partial charge in [-0.15, -0.1) is 0 Å². The lowest BCUT2D eigenvalue weighted by atomic mass is 10.2. The van der Waals surface area contributed by atoms with Crippen molar-refractivity contribution in [2.24, 2.45) is 0 Å². The SMILES string of the molecule is CS(=O)CCNCC1CCOCO1. The van der Waals surface area contributed by atoms with Gasteiger partial charge < -0.3 is 14.8 Å². The lowest BCUT2D eigenvalue weighted by Gasteiger charge is -2.22. The van der Waals surface area contributed by atoms with Crippen molar-refractivity contribution in [3.05, 3.63) is 0 Å². The predicted octanol–water partition coefficient (Wildman–Crippen LogP) is -0.282. The summed E-state index contributed by atoms with van der Waals surface area (Å²) in [6, 6.07) is 0. The normalized spacial score (nSPS) is 25.8. The molecule has 1 aliphatic rings. The Morgan fingerprint density at radius 1 is 1.62 bits per heavy atom. The van der Waals surface area contributed by atoms with E-state index in [1.165, 1.54) is 0 Å². The third kappa shape index (κ3) is 5.36. The third-order valence-corrected chi connectivity index (χ3v) is 2.69. The van der Waals surface area contributed by atoms with Gasteiger partial charge in [0.1, 0.15) is 6.79 Å². The molecule has 1 heterocycles. The third-order valence-electron chi connectivity index (χ3n) is 1.91. The van der Waals surface area contributed by atoms with Crippen LogP contribution in [0.4, 0.5) is 0 Å². The molecule has 1 rings (SSSR count). The molecule has 1 aliphatic heterocycles. The Morgan fingerprint density at radius 3 is 3.08 bits per heavy atom. The van der Waals surface area contributed by atoms with Crippen LogP contribution in [-0.4, -0.2) is 48.8 Å². The molecule has 4 nitrogen and oxygen atoms in total. The van der Waals surface area contributed by atoms with Crippen LogP contribution in [0.25, 0.3) is 0 Å². The van der Waals surface area contributed by atoms with Gasteiger partial charge in [-0.2, -0.15) is 0 Å². The molecule has 1 saturated heterocycles. The molecule has 78 valence electrons. The van der Waals surface area contributed by atoms with Crippen LogP contribution in [0.2, 0.25) is 0 Å². The van der Waals surface area contributed by atoms with Crippen LogP contribution in [0.5, 0.6) is 0 Å². The molecule has 0 saturated carbocycles. The standard InChI is InChI=1S/C8H17NO3S/c1-13(10)5-3-9-6-8-2-4-11-7-12-8/h8-9H,2-7H2,1H3. The van der Waals surface area contributed by atoms with E-state index < -0.39 is 10.8 Å². The maximum atomic E-state index is 10.7. The highest BCUT2D eigenvalue weighted by molar-refractivity contribution is 7.84. The monoisotopic (exact) mass is 207 g/mol. The van der Waals surface area contributed by atoms with E-state index in [9.17, 15) is 4.21 Å². The van der Waals surface area contributed by atoms with Crippen molar-refractivity contribution >= 4 is 10.8 Å². The summed E-state index contributed by atoms with van der Waals surface area (Å²) in [5, 5.41) is 3.21. The number of nitrogens with one attached hydrogen (secondary N) is 1. The first-order valence-electron chi connectivity index (χ1n) is 4.49. The summed E-state index contributed by atoms with van der Waals surface area (Å²) >= 11 is 0. The van der Waals surface area contributed by atoms with Gasteiger partial charge in [0.25, 0.3) is 0 Å². The van der Waals surface area contributed by atoms with Crippen molar-refractivity contribution in [1.82, 2.24) is 5.32 Å². The molecule has 0 aromatic heterocycles. The van der Waals surface area contributed by atoms with Gasteiger partial charge in [0.2, 0.25) is 0 Å². The second-order valence-corrected chi connectivity index (χ2v) is 4.64. The summed E-state index contributed by atoms with van der Waals surface area (Å²) in [5.41, 5.74) is 0. The van der Waals surface area contributed by atoms with Crippen molar-refractivity contribution in [2.45, 2.75) is 12.5 Å². The molecule has 2 atom stereocenters. The van der Waals surface area contributed by atoms with Crippen molar-refractivity contribution in [3.63, 3.8) is 0 Å². The molecule has 0 radical (unpaired) electrons. The highest BCUT2D eigenvalue weighted by atomic mass is 32.2. The van der Waals surface area contributed by atoms with E-state index in [2.05, 4.69) is 5.32 Å². The van der Waals surface area contributed by atoms with Gasteiger partial charge in [0, 0.05) is 35.9 Å². The van der Waals surface area contributed by atoms with E-state index in [0.717, 1.165) is 26.1 Å². The zero-order valence-electron chi connectivity index (χ0n) is 7.95. The van der Waals surface area contributed by atoms with Gasteiger partial charge in [-0.3, -0.25) is 4.21 Å². The lowest BCUT2D eigenvalue weighted by molar-refractivity contribution is -0.137. The fraction of sp³-hybridized carbons (Fsp3) is 1.00. The molecule has 5 heteroatoms. The molecule has 2 unspecified atom stereocenters. The first-order chi connectivity index (χ1) is 6.29. The predicted molar refractivity (Wildman–Crippen MR) is 52.1 cm³/mol. The lowest BCUT2D eigenvalue weighted by Crippen LogP contribution is -2.35. The van der Waals surface area contributed by atoms with E-state index in [1.54, 1.807) is 6.26 Å². The van der Waals surface area contributed by atoms with Crippen molar-refractivity contribution in [2.75, 3.05) is 38.5 Å². The highest BCUT2D eigenvalue weighted by Gasteiger charge is 2.12. The smallest absolute Gasteiger partial charge is 0.147 e. The van der Waals surface area contributed by atoms with Crippen molar-refractivity contribution in [1.29, 1.82) is 0 Å². The molecule has 1 fully saturated rings. The minimum absolute atomic E-state index is 0.263. The molecule has 0 spiro atoms. The molecular weight excluding hydrogens is 190 g/mol. The quantitative estimate of drug-likeness (QED) is 0.630. The van der Waals surface area contributed by atoms with Gasteiger partial charge in [0.15, 0.2) is 0 Å². The molecule has 0 aliphatic carbocycles. The Labute approximate surface area is 81.4 Å². The molecule has 13 heavy (non-hydrogen) atoms. The molecule has 1 N–H and O–H groups in total. The Balaban J connectivity index is 1.95. The Kier molecular flexibility index (Phi) is 5.54.